The zero-order valence-corrected chi connectivity index (χ0v) is 14.0. The van der Waals surface area contributed by atoms with Crippen molar-refractivity contribution in [1.29, 1.82) is 0 Å². The third-order valence-corrected chi connectivity index (χ3v) is 3.92. The van der Waals surface area contributed by atoms with Crippen LogP contribution in [0.2, 0.25) is 0 Å². The van der Waals surface area contributed by atoms with Crippen LogP contribution in [0.5, 0.6) is 0 Å². The van der Waals surface area contributed by atoms with Gasteiger partial charge in [-0.3, -0.25) is 14.9 Å². The van der Waals surface area contributed by atoms with E-state index in [9.17, 15) is 9.59 Å². The van der Waals surface area contributed by atoms with Crippen LogP contribution < -0.4 is 5.32 Å². The molecular formula is C19H20N4O2. The van der Waals surface area contributed by atoms with Gasteiger partial charge in [-0.15, -0.1) is 0 Å². The molecule has 2 aromatic carbocycles. The number of para-hydroxylation sites is 2. The van der Waals surface area contributed by atoms with Crippen LogP contribution in [0.25, 0.3) is 11.0 Å². The van der Waals surface area contributed by atoms with Gasteiger partial charge in [0.25, 0.3) is 0 Å². The molecule has 0 saturated heterocycles. The van der Waals surface area contributed by atoms with Gasteiger partial charge in [-0.2, -0.15) is 0 Å². The van der Waals surface area contributed by atoms with Crippen LogP contribution in [0.15, 0.2) is 54.6 Å². The molecule has 0 bridgehead atoms. The molecule has 2 amide bonds. The summed E-state index contributed by atoms with van der Waals surface area (Å²) < 4.78 is 0. The van der Waals surface area contributed by atoms with Crippen LogP contribution in [-0.2, 0) is 16.1 Å². The molecule has 0 unspecified atom stereocenters. The quantitative estimate of drug-likeness (QED) is 0.726. The normalized spacial score (nSPS) is 10.6. The fourth-order valence-corrected chi connectivity index (χ4v) is 2.59. The van der Waals surface area contributed by atoms with Crippen molar-refractivity contribution < 1.29 is 9.59 Å². The molecule has 6 heteroatoms. The zero-order valence-electron chi connectivity index (χ0n) is 14.0. The average Bonchev–Trinajstić information content (AvgIpc) is 3.01. The molecule has 0 aliphatic carbocycles. The lowest BCUT2D eigenvalue weighted by Crippen LogP contribution is -2.31. The smallest absolute Gasteiger partial charge is 0.228 e. The minimum atomic E-state index is -0.182. The van der Waals surface area contributed by atoms with Crippen LogP contribution in [0.3, 0.4) is 0 Å². The van der Waals surface area contributed by atoms with E-state index in [1.54, 1.807) is 4.90 Å². The fraction of sp³-hybridized carbons (Fsp3) is 0.211. The summed E-state index contributed by atoms with van der Waals surface area (Å²) in [7, 11) is 0. The van der Waals surface area contributed by atoms with Crippen molar-refractivity contribution in [2.75, 3.05) is 11.9 Å². The first-order valence-corrected chi connectivity index (χ1v) is 8.16. The molecule has 1 heterocycles. The van der Waals surface area contributed by atoms with Gasteiger partial charge in [0.05, 0.1) is 11.0 Å². The van der Waals surface area contributed by atoms with Crippen molar-refractivity contribution in [2.45, 2.75) is 19.9 Å². The molecule has 2 N–H and O–H groups in total. The number of benzene rings is 2. The summed E-state index contributed by atoms with van der Waals surface area (Å²) in [5, 5.41) is 2.75. The van der Waals surface area contributed by atoms with Gasteiger partial charge in [-0.05, 0) is 17.7 Å². The second-order valence-electron chi connectivity index (χ2n) is 5.83. The molecule has 25 heavy (non-hydrogen) atoms. The molecule has 0 saturated carbocycles. The van der Waals surface area contributed by atoms with Gasteiger partial charge in [0, 0.05) is 26.4 Å². The first-order chi connectivity index (χ1) is 12.1. The maximum Gasteiger partial charge on any atom is 0.228 e. The molecule has 1 aromatic heterocycles. The Kier molecular flexibility index (Phi) is 5.09. The Bertz CT molecular complexity index is 840. The predicted molar refractivity (Wildman–Crippen MR) is 96.9 cm³/mol. The first-order valence-electron chi connectivity index (χ1n) is 8.16. The summed E-state index contributed by atoms with van der Waals surface area (Å²) >= 11 is 0. The SMILES string of the molecule is CC(=O)N(CCC(=O)Nc1nc2ccccc2[nH]1)Cc1ccccc1. The number of hydrogen-bond donors (Lipinski definition) is 2. The Morgan fingerprint density at radius 1 is 1.08 bits per heavy atom. The Balaban J connectivity index is 1.56. The lowest BCUT2D eigenvalue weighted by Gasteiger charge is -2.20. The molecule has 3 rings (SSSR count). The van der Waals surface area contributed by atoms with Gasteiger partial charge >= 0.3 is 0 Å². The van der Waals surface area contributed by atoms with E-state index in [1.807, 2.05) is 54.6 Å². The third kappa shape index (κ3) is 4.44. The lowest BCUT2D eigenvalue weighted by molar-refractivity contribution is -0.129. The summed E-state index contributed by atoms with van der Waals surface area (Å²) in [6, 6.07) is 17.3. The second-order valence-corrected chi connectivity index (χ2v) is 5.83. The highest BCUT2D eigenvalue weighted by Crippen LogP contribution is 2.13. The molecule has 128 valence electrons. The number of aromatic nitrogens is 2. The van der Waals surface area contributed by atoms with E-state index >= 15 is 0 Å². The van der Waals surface area contributed by atoms with Crippen LogP contribution in [0, 0.1) is 0 Å². The van der Waals surface area contributed by atoms with E-state index < -0.39 is 0 Å². The zero-order chi connectivity index (χ0) is 17.6. The van der Waals surface area contributed by atoms with Crippen molar-refractivity contribution in [3.8, 4) is 0 Å². The number of fused-ring (bicyclic) bond motifs is 1. The molecule has 3 aromatic rings. The van der Waals surface area contributed by atoms with E-state index in [-0.39, 0.29) is 18.2 Å². The van der Waals surface area contributed by atoms with Crippen LogP contribution in [0.4, 0.5) is 5.95 Å². The summed E-state index contributed by atoms with van der Waals surface area (Å²) in [6.45, 7) is 2.37. The highest BCUT2D eigenvalue weighted by atomic mass is 16.2. The number of imidazole rings is 1. The minimum Gasteiger partial charge on any atom is -0.338 e. The third-order valence-electron chi connectivity index (χ3n) is 3.92. The van der Waals surface area contributed by atoms with E-state index in [1.165, 1.54) is 6.92 Å². The highest BCUT2D eigenvalue weighted by molar-refractivity contribution is 5.91. The van der Waals surface area contributed by atoms with Gasteiger partial charge in [-0.25, -0.2) is 4.98 Å². The Hall–Kier alpha value is -3.15. The number of carbonyl (C=O) groups is 2. The number of hydrogen-bond acceptors (Lipinski definition) is 3. The number of carbonyl (C=O) groups excluding carboxylic acids is 2. The van der Waals surface area contributed by atoms with E-state index in [4.69, 9.17) is 0 Å². The van der Waals surface area contributed by atoms with Gasteiger partial charge in [0.15, 0.2) is 0 Å². The number of rotatable bonds is 6. The minimum absolute atomic E-state index is 0.0552. The van der Waals surface area contributed by atoms with Gasteiger partial charge in [0.2, 0.25) is 17.8 Å². The topological polar surface area (TPSA) is 78.1 Å². The van der Waals surface area contributed by atoms with Gasteiger partial charge in [-0.1, -0.05) is 42.5 Å². The summed E-state index contributed by atoms with van der Waals surface area (Å²) in [6.07, 6.45) is 0.212. The standard InChI is InChI=1S/C19H20N4O2/c1-14(24)23(13-15-7-3-2-4-8-15)12-11-18(25)22-19-20-16-9-5-6-10-17(16)21-19/h2-10H,11-13H2,1H3,(H2,20,21,22,25). The molecule has 6 nitrogen and oxygen atoms in total. The van der Waals surface area contributed by atoms with Crippen molar-refractivity contribution in [2.24, 2.45) is 0 Å². The van der Waals surface area contributed by atoms with Crippen LogP contribution in [0.1, 0.15) is 18.9 Å². The maximum absolute atomic E-state index is 12.2. The Morgan fingerprint density at radius 3 is 2.52 bits per heavy atom. The van der Waals surface area contributed by atoms with Crippen molar-refractivity contribution >= 4 is 28.8 Å². The van der Waals surface area contributed by atoms with Gasteiger partial charge < -0.3 is 9.88 Å². The van der Waals surface area contributed by atoms with Gasteiger partial charge in [0.1, 0.15) is 0 Å². The number of aromatic amines is 1. The van der Waals surface area contributed by atoms with E-state index in [0.717, 1.165) is 16.6 Å². The number of amides is 2. The molecule has 0 fully saturated rings. The van der Waals surface area contributed by atoms with E-state index in [2.05, 4.69) is 15.3 Å². The monoisotopic (exact) mass is 336 g/mol. The first kappa shape index (κ1) is 16.7. The maximum atomic E-state index is 12.2. The van der Waals surface area contributed by atoms with Crippen molar-refractivity contribution in [1.82, 2.24) is 14.9 Å². The number of nitrogens with one attached hydrogen (secondary N) is 2. The second kappa shape index (κ2) is 7.61. The number of H-pyrrole nitrogens is 1. The molecule has 0 aliphatic rings. The highest BCUT2D eigenvalue weighted by Gasteiger charge is 2.13. The summed E-state index contributed by atoms with van der Waals surface area (Å²) in [4.78, 5) is 33.0. The number of nitrogens with zero attached hydrogens (tertiary/aromatic N) is 2. The van der Waals surface area contributed by atoms with Crippen molar-refractivity contribution in [3.63, 3.8) is 0 Å². The Labute approximate surface area is 145 Å². The Morgan fingerprint density at radius 2 is 1.80 bits per heavy atom. The average molecular weight is 336 g/mol. The van der Waals surface area contributed by atoms with Crippen molar-refractivity contribution in [3.05, 3.63) is 60.2 Å². The van der Waals surface area contributed by atoms with Crippen LogP contribution >= 0.6 is 0 Å². The fourth-order valence-electron chi connectivity index (χ4n) is 2.59. The molecule has 0 aliphatic heterocycles. The predicted octanol–water partition coefficient (Wildman–Crippen LogP) is 2.94. The van der Waals surface area contributed by atoms with Crippen LogP contribution in [-0.4, -0.2) is 33.2 Å². The largest absolute Gasteiger partial charge is 0.338 e. The summed E-state index contributed by atoms with van der Waals surface area (Å²) in [5.74, 6) is 0.183. The molecular weight excluding hydrogens is 316 g/mol. The van der Waals surface area contributed by atoms with E-state index in [0.29, 0.717) is 19.0 Å². The molecule has 0 atom stereocenters. The summed E-state index contributed by atoms with van der Waals surface area (Å²) in [5.41, 5.74) is 2.70. The molecule has 0 spiro atoms. The number of anilines is 1. The lowest BCUT2D eigenvalue weighted by atomic mass is 10.2. The molecule has 0 radical (unpaired) electrons.